The van der Waals surface area contributed by atoms with Crippen LogP contribution < -0.4 is 5.32 Å². The Morgan fingerprint density at radius 3 is 2.37 bits per heavy atom. The maximum atomic E-state index is 13.3. The lowest BCUT2D eigenvalue weighted by molar-refractivity contribution is 0.102. The van der Waals surface area contributed by atoms with Crippen LogP contribution in [0.5, 0.6) is 0 Å². The number of fused-ring (bicyclic) bond motifs is 1. The van der Waals surface area contributed by atoms with Gasteiger partial charge in [-0.1, -0.05) is 59.6 Å². The van der Waals surface area contributed by atoms with Gasteiger partial charge in [-0.25, -0.2) is 15.0 Å². The lowest BCUT2D eigenvalue weighted by Gasteiger charge is -2.20. The molecule has 0 fully saturated rings. The second-order valence-electron chi connectivity index (χ2n) is 9.87. The summed E-state index contributed by atoms with van der Waals surface area (Å²) in [5, 5.41) is 5.05. The number of benzene rings is 3. The molecule has 202 valence electrons. The minimum absolute atomic E-state index is 0.105. The average molecular weight is 579 g/mol. The van der Waals surface area contributed by atoms with Crippen molar-refractivity contribution in [2.75, 3.05) is 5.32 Å². The Morgan fingerprint density at radius 1 is 0.854 bits per heavy atom. The predicted molar refractivity (Wildman–Crippen MR) is 165 cm³/mol. The largest absolute Gasteiger partial charge is 0.337 e. The van der Waals surface area contributed by atoms with Crippen molar-refractivity contribution < 1.29 is 4.79 Å². The van der Waals surface area contributed by atoms with Crippen molar-refractivity contribution >= 4 is 45.8 Å². The number of halogens is 2. The van der Waals surface area contributed by atoms with Crippen molar-refractivity contribution in [2.24, 2.45) is 7.05 Å². The minimum Gasteiger partial charge on any atom is -0.337 e. The zero-order valence-electron chi connectivity index (χ0n) is 22.3. The normalized spacial score (nSPS) is 11.9. The molecule has 1 N–H and O–H groups in total. The van der Waals surface area contributed by atoms with E-state index in [0.717, 1.165) is 39.0 Å². The summed E-state index contributed by atoms with van der Waals surface area (Å²) >= 11 is 12.6. The number of aryl methyl sites for hydroxylation is 2. The number of pyridine rings is 2. The third-order valence-electron chi connectivity index (χ3n) is 7.02. The van der Waals surface area contributed by atoms with Crippen LogP contribution in [0.15, 0.2) is 104 Å². The lowest BCUT2D eigenvalue weighted by Crippen LogP contribution is -2.15. The average Bonchev–Trinajstić information content (AvgIpc) is 3.38. The molecule has 0 bridgehead atoms. The highest BCUT2D eigenvalue weighted by Gasteiger charge is 2.22. The van der Waals surface area contributed by atoms with Gasteiger partial charge in [-0.3, -0.25) is 4.79 Å². The first kappa shape index (κ1) is 26.7. The van der Waals surface area contributed by atoms with Crippen molar-refractivity contribution in [3.63, 3.8) is 0 Å². The van der Waals surface area contributed by atoms with Crippen LogP contribution in [-0.4, -0.2) is 25.4 Å². The maximum absolute atomic E-state index is 13.3. The zero-order valence-corrected chi connectivity index (χ0v) is 23.9. The van der Waals surface area contributed by atoms with Gasteiger partial charge >= 0.3 is 0 Å². The summed E-state index contributed by atoms with van der Waals surface area (Å²) in [6.45, 7) is 1.88. The summed E-state index contributed by atoms with van der Waals surface area (Å²) in [5.74, 6) is 0.0246. The number of amides is 1. The molecule has 0 saturated heterocycles. The van der Waals surface area contributed by atoms with Crippen LogP contribution in [0.4, 0.5) is 5.82 Å². The molecular weight excluding hydrogens is 553 g/mol. The molecule has 1 atom stereocenters. The van der Waals surface area contributed by atoms with E-state index < -0.39 is 0 Å². The standard InChI is InChI=1S/C33H25Cl2N5O/c1-20-5-3-8-31(37-20)39-33(41)29-17-26(22-6-4-7-25(35)15-22)27-16-23(11-14-28(27)38-29)32(30-18-36-19-40(30)2)21-9-12-24(34)13-10-21/h3-19,32H,1-2H3,(H,37,39,41). The number of hydrogen-bond donors (Lipinski definition) is 1. The van der Waals surface area contributed by atoms with Gasteiger partial charge in [0, 0.05) is 40.1 Å². The van der Waals surface area contributed by atoms with Gasteiger partial charge in [-0.05, 0) is 83.8 Å². The van der Waals surface area contributed by atoms with E-state index in [9.17, 15) is 4.79 Å². The Bertz CT molecular complexity index is 1900. The fourth-order valence-electron chi connectivity index (χ4n) is 5.06. The van der Waals surface area contributed by atoms with E-state index in [1.54, 1.807) is 12.4 Å². The van der Waals surface area contributed by atoms with Crippen LogP contribution in [0.2, 0.25) is 10.0 Å². The fourth-order valence-corrected chi connectivity index (χ4v) is 5.38. The van der Waals surface area contributed by atoms with Gasteiger partial charge in [0.05, 0.1) is 17.8 Å². The van der Waals surface area contributed by atoms with E-state index in [4.69, 9.17) is 28.2 Å². The molecule has 1 amide bonds. The summed E-state index contributed by atoms with van der Waals surface area (Å²) in [5.41, 5.74) is 6.68. The van der Waals surface area contributed by atoms with Crippen LogP contribution in [0.3, 0.4) is 0 Å². The molecule has 3 aromatic heterocycles. The molecular formula is C33H25Cl2N5O. The minimum atomic E-state index is -0.341. The number of hydrogen-bond acceptors (Lipinski definition) is 4. The maximum Gasteiger partial charge on any atom is 0.275 e. The van der Waals surface area contributed by atoms with Gasteiger partial charge in [0.1, 0.15) is 11.5 Å². The third-order valence-corrected chi connectivity index (χ3v) is 7.50. The number of anilines is 1. The number of rotatable bonds is 6. The van der Waals surface area contributed by atoms with Gasteiger partial charge in [0.15, 0.2) is 0 Å². The molecule has 0 radical (unpaired) electrons. The number of nitrogens with zero attached hydrogens (tertiary/aromatic N) is 4. The Kier molecular flexibility index (Phi) is 7.26. The smallest absolute Gasteiger partial charge is 0.275 e. The lowest BCUT2D eigenvalue weighted by atomic mass is 9.87. The molecule has 6 rings (SSSR count). The quantitative estimate of drug-likeness (QED) is 0.217. The Labute approximate surface area is 247 Å². The van der Waals surface area contributed by atoms with Crippen molar-refractivity contribution in [1.82, 2.24) is 19.5 Å². The molecule has 41 heavy (non-hydrogen) atoms. The molecule has 1 unspecified atom stereocenters. The van der Waals surface area contributed by atoms with Crippen LogP contribution in [0.25, 0.3) is 22.0 Å². The molecule has 8 heteroatoms. The summed E-state index contributed by atoms with van der Waals surface area (Å²) < 4.78 is 2.02. The first-order valence-electron chi connectivity index (χ1n) is 13.0. The molecule has 3 aromatic carbocycles. The summed E-state index contributed by atoms with van der Waals surface area (Å²) in [4.78, 5) is 26.9. The predicted octanol–water partition coefficient (Wildman–Crippen LogP) is 8.08. The van der Waals surface area contributed by atoms with Crippen molar-refractivity contribution in [2.45, 2.75) is 12.8 Å². The van der Waals surface area contributed by atoms with Gasteiger partial charge in [-0.2, -0.15) is 0 Å². The summed E-state index contributed by atoms with van der Waals surface area (Å²) in [6.07, 6.45) is 3.68. The first-order chi connectivity index (χ1) is 19.9. The van der Waals surface area contributed by atoms with E-state index in [0.29, 0.717) is 21.4 Å². The molecule has 0 aliphatic carbocycles. The van der Waals surface area contributed by atoms with E-state index in [2.05, 4.69) is 21.4 Å². The van der Waals surface area contributed by atoms with Crippen LogP contribution in [-0.2, 0) is 7.05 Å². The Balaban J connectivity index is 1.52. The highest BCUT2D eigenvalue weighted by Crippen LogP contribution is 2.37. The van der Waals surface area contributed by atoms with Crippen molar-refractivity contribution in [1.29, 1.82) is 0 Å². The molecule has 0 aliphatic heterocycles. The van der Waals surface area contributed by atoms with E-state index in [1.807, 2.05) is 104 Å². The summed E-state index contributed by atoms with van der Waals surface area (Å²) in [7, 11) is 1.99. The Hall–Kier alpha value is -4.52. The second-order valence-corrected chi connectivity index (χ2v) is 10.7. The first-order valence-corrected chi connectivity index (χ1v) is 13.8. The Morgan fingerprint density at radius 2 is 1.63 bits per heavy atom. The zero-order chi connectivity index (χ0) is 28.5. The number of carbonyl (C=O) groups is 1. The van der Waals surface area contributed by atoms with Gasteiger partial charge in [0.2, 0.25) is 0 Å². The second kappa shape index (κ2) is 11.2. The van der Waals surface area contributed by atoms with Gasteiger partial charge < -0.3 is 9.88 Å². The molecule has 6 nitrogen and oxygen atoms in total. The van der Waals surface area contributed by atoms with Crippen LogP contribution in [0, 0.1) is 6.92 Å². The topological polar surface area (TPSA) is 72.7 Å². The molecule has 0 aliphatic rings. The molecule has 0 spiro atoms. The number of aromatic nitrogens is 4. The van der Waals surface area contributed by atoms with Crippen LogP contribution in [0.1, 0.15) is 38.9 Å². The van der Waals surface area contributed by atoms with Crippen molar-refractivity contribution in [3.8, 4) is 11.1 Å². The van der Waals surface area contributed by atoms with Gasteiger partial charge in [-0.15, -0.1) is 0 Å². The highest BCUT2D eigenvalue weighted by atomic mass is 35.5. The monoisotopic (exact) mass is 577 g/mol. The van der Waals surface area contributed by atoms with Crippen LogP contribution >= 0.6 is 23.2 Å². The SMILES string of the molecule is Cc1cccc(NC(=O)c2cc(-c3cccc(Cl)c3)c3cc(C(c4ccc(Cl)cc4)c4cncn4C)ccc3n2)n1. The van der Waals surface area contributed by atoms with E-state index in [-0.39, 0.29) is 17.5 Å². The third kappa shape index (κ3) is 5.57. The van der Waals surface area contributed by atoms with E-state index in [1.165, 1.54) is 0 Å². The highest BCUT2D eigenvalue weighted by molar-refractivity contribution is 6.31. The van der Waals surface area contributed by atoms with E-state index >= 15 is 0 Å². The molecule has 3 heterocycles. The molecule has 6 aromatic rings. The number of imidazole rings is 1. The number of nitrogens with one attached hydrogen (secondary N) is 1. The number of carbonyl (C=O) groups excluding carboxylic acids is 1. The van der Waals surface area contributed by atoms with Gasteiger partial charge in [0.25, 0.3) is 5.91 Å². The molecule has 0 saturated carbocycles. The fraction of sp³-hybridized carbons (Fsp3) is 0.0909. The summed E-state index contributed by atoms with van der Waals surface area (Å²) in [6, 6.07) is 28.9. The van der Waals surface area contributed by atoms with Crippen molar-refractivity contribution in [3.05, 3.63) is 142 Å².